The summed E-state index contributed by atoms with van der Waals surface area (Å²) in [5, 5.41) is 3.71. The summed E-state index contributed by atoms with van der Waals surface area (Å²) in [6.07, 6.45) is 0. The van der Waals surface area contributed by atoms with E-state index in [0.29, 0.717) is 27.7 Å². The molecular weight excluding hydrogens is 276 g/mol. The van der Waals surface area contributed by atoms with Gasteiger partial charge in [-0.1, -0.05) is 11.6 Å². The van der Waals surface area contributed by atoms with Crippen molar-refractivity contribution in [2.45, 2.75) is 6.92 Å². The van der Waals surface area contributed by atoms with Gasteiger partial charge in [-0.15, -0.1) is 0 Å². The van der Waals surface area contributed by atoms with Crippen molar-refractivity contribution in [3.05, 3.63) is 47.0 Å². The molecule has 0 heterocycles. The Bertz CT molecular complexity index is 656. The van der Waals surface area contributed by atoms with Gasteiger partial charge in [-0.05, 0) is 37.3 Å². The van der Waals surface area contributed by atoms with Crippen molar-refractivity contribution in [2.75, 3.05) is 18.2 Å². The first-order valence-corrected chi connectivity index (χ1v) is 6.40. The first-order chi connectivity index (χ1) is 9.51. The summed E-state index contributed by atoms with van der Waals surface area (Å²) in [5.41, 5.74) is 8.14. The quantitative estimate of drug-likeness (QED) is 0.662. The van der Waals surface area contributed by atoms with Crippen molar-refractivity contribution < 1.29 is 9.53 Å². The average Bonchev–Trinajstić information content (AvgIpc) is 2.43. The third-order valence-corrected chi connectivity index (χ3v) is 3.21. The van der Waals surface area contributed by atoms with E-state index in [9.17, 15) is 4.79 Å². The molecule has 4 nitrogen and oxygen atoms in total. The van der Waals surface area contributed by atoms with Crippen LogP contribution < -0.4 is 15.8 Å². The number of halogens is 1. The first kappa shape index (κ1) is 14.2. The Kier molecular flexibility index (Phi) is 4.15. The molecule has 5 heteroatoms. The fourth-order valence-electron chi connectivity index (χ4n) is 1.82. The maximum atomic E-state index is 11.5. The number of hydrogen-bond acceptors (Lipinski definition) is 4. The van der Waals surface area contributed by atoms with E-state index in [4.69, 9.17) is 22.1 Å². The fraction of sp³-hybridized carbons (Fsp3) is 0.133. The lowest BCUT2D eigenvalue weighted by Crippen LogP contribution is -2.01. The van der Waals surface area contributed by atoms with Gasteiger partial charge in [-0.2, -0.15) is 0 Å². The van der Waals surface area contributed by atoms with Gasteiger partial charge in [0, 0.05) is 23.0 Å². The Morgan fingerprint density at radius 3 is 2.65 bits per heavy atom. The smallest absolute Gasteiger partial charge is 0.161 e. The third kappa shape index (κ3) is 3.03. The Labute approximate surface area is 122 Å². The van der Waals surface area contributed by atoms with Gasteiger partial charge in [0.05, 0.1) is 17.8 Å². The van der Waals surface area contributed by atoms with Crippen LogP contribution in [0, 0.1) is 0 Å². The third-order valence-electron chi connectivity index (χ3n) is 2.89. The predicted octanol–water partition coefficient (Wildman–Crippen LogP) is 3.88. The van der Waals surface area contributed by atoms with E-state index in [0.717, 1.165) is 5.69 Å². The van der Waals surface area contributed by atoms with Crippen LogP contribution in [-0.4, -0.2) is 12.9 Å². The molecule has 104 valence electrons. The number of rotatable bonds is 4. The van der Waals surface area contributed by atoms with Crippen LogP contribution in [0.15, 0.2) is 36.4 Å². The minimum Gasteiger partial charge on any atom is -0.497 e. The second-order valence-electron chi connectivity index (χ2n) is 4.33. The van der Waals surface area contributed by atoms with Crippen molar-refractivity contribution >= 4 is 34.4 Å². The number of ether oxygens (including phenoxy) is 1. The predicted molar refractivity (Wildman–Crippen MR) is 82.1 cm³/mol. The normalized spacial score (nSPS) is 10.2. The molecule has 0 spiro atoms. The lowest BCUT2D eigenvalue weighted by Gasteiger charge is -2.12. The van der Waals surface area contributed by atoms with Crippen molar-refractivity contribution in [2.24, 2.45) is 0 Å². The molecule has 0 atom stereocenters. The summed E-state index contributed by atoms with van der Waals surface area (Å²) >= 11 is 6.13. The molecule has 0 amide bonds. The van der Waals surface area contributed by atoms with Crippen LogP contribution in [0.2, 0.25) is 5.02 Å². The minimum atomic E-state index is -0.0807. The zero-order valence-electron chi connectivity index (χ0n) is 11.2. The Hall–Kier alpha value is -2.20. The molecule has 2 aromatic carbocycles. The monoisotopic (exact) mass is 290 g/mol. The molecule has 0 fully saturated rings. The lowest BCUT2D eigenvalue weighted by atomic mass is 10.1. The van der Waals surface area contributed by atoms with Crippen molar-refractivity contribution in [3.63, 3.8) is 0 Å². The van der Waals surface area contributed by atoms with E-state index in [1.165, 1.54) is 6.92 Å². The molecule has 0 unspecified atom stereocenters. The van der Waals surface area contributed by atoms with Gasteiger partial charge in [-0.25, -0.2) is 0 Å². The van der Waals surface area contributed by atoms with Crippen LogP contribution in [0.1, 0.15) is 17.3 Å². The summed E-state index contributed by atoms with van der Waals surface area (Å²) in [5.74, 6) is 0.613. The maximum absolute atomic E-state index is 11.5. The molecule has 0 saturated carbocycles. The van der Waals surface area contributed by atoms with Crippen molar-refractivity contribution in [1.29, 1.82) is 0 Å². The number of benzene rings is 2. The van der Waals surface area contributed by atoms with E-state index in [1.807, 2.05) is 0 Å². The van der Waals surface area contributed by atoms with E-state index < -0.39 is 0 Å². The zero-order valence-corrected chi connectivity index (χ0v) is 12.0. The molecule has 0 radical (unpaired) electrons. The highest BCUT2D eigenvalue weighted by Gasteiger charge is 2.08. The number of hydrogen-bond donors (Lipinski definition) is 2. The number of carbonyl (C=O) groups excluding carboxylic acids is 1. The standard InChI is InChI=1S/C15H15ClN2O2/c1-9(19)12-7-10(3-6-14(12)17)18-15-8-11(20-2)4-5-13(15)16/h3-8,18H,17H2,1-2H3. The summed E-state index contributed by atoms with van der Waals surface area (Å²) in [7, 11) is 1.59. The molecule has 20 heavy (non-hydrogen) atoms. The first-order valence-electron chi connectivity index (χ1n) is 6.02. The zero-order chi connectivity index (χ0) is 14.7. The van der Waals surface area contributed by atoms with Gasteiger partial charge in [-0.3, -0.25) is 4.79 Å². The molecular formula is C15H15ClN2O2. The second-order valence-corrected chi connectivity index (χ2v) is 4.74. The summed E-state index contributed by atoms with van der Waals surface area (Å²) in [4.78, 5) is 11.5. The van der Waals surface area contributed by atoms with Gasteiger partial charge >= 0.3 is 0 Å². The van der Waals surface area contributed by atoms with E-state index in [-0.39, 0.29) is 5.78 Å². The highest BCUT2D eigenvalue weighted by molar-refractivity contribution is 6.33. The van der Waals surface area contributed by atoms with Gasteiger partial charge < -0.3 is 15.8 Å². The Balaban J connectivity index is 2.35. The fourth-order valence-corrected chi connectivity index (χ4v) is 1.99. The van der Waals surface area contributed by atoms with Crippen LogP contribution in [0.3, 0.4) is 0 Å². The van der Waals surface area contributed by atoms with Crippen molar-refractivity contribution in [3.8, 4) is 5.75 Å². The van der Waals surface area contributed by atoms with Crippen LogP contribution in [0.25, 0.3) is 0 Å². The van der Waals surface area contributed by atoms with Gasteiger partial charge in [0.2, 0.25) is 0 Å². The molecule has 0 bridgehead atoms. The largest absolute Gasteiger partial charge is 0.497 e. The lowest BCUT2D eigenvalue weighted by molar-refractivity contribution is 0.101. The number of anilines is 3. The summed E-state index contributed by atoms with van der Waals surface area (Å²) < 4.78 is 5.16. The highest BCUT2D eigenvalue weighted by atomic mass is 35.5. The number of nitrogens with one attached hydrogen (secondary N) is 1. The molecule has 0 aliphatic carbocycles. The number of nitrogen functional groups attached to an aromatic ring is 1. The van der Waals surface area contributed by atoms with E-state index in [2.05, 4.69) is 5.32 Å². The van der Waals surface area contributed by atoms with Gasteiger partial charge in [0.1, 0.15) is 5.75 Å². The number of carbonyl (C=O) groups is 1. The SMILES string of the molecule is COc1ccc(Cl)c(Nc2ccc(N)c(C(C)=O)c2)c1. The highest BCUT2D eigenvalue weighted by Crippen LogP contribution is 2.30. The summed E-state index contributed by atoms with van der Waals surface area (Å²) in [6.45, 7) is 1.48. The second kappa shape index (κ2) is 5.84. The Morgan fingerprint density at radius 1 is 1.25 bits per heavy atom. The molecule has 2 aromatic rings. The minimum absolute atomic E-state index is 0.0807. The van der Waals surface area contributed by atoms with Gasteiger partial charge in [0.15, 0.2) is 5.78 Å². The number of nitrogens with two attached hydrogens (primary N) is 1. The number of Topliss-reactive ketones (excluding diaryl/α,β-unsaturated/α-hetero) is 1. The molecule has 0 aromatic heterocycles. The van der Waals surface area contributed by atoms with Crippen molar-refractivity contribution in [1.82, 2.24) is 0 Å². The number of ketones is 1. The van der Waals surface area contributed by atoms with E-state index >= 15 is 0 Å². The molecule has 3 N–H and O–H groups in total. The van der Waals surface area contributed by atoms with Crippen LogP contribution in [0.5, 0.6) is 5.75 Å². The molecule has 0 aliphatic heterocycles. The summed E-state index contributed by atoms with van der Waals surface area (Å²) in [6, 6.07) is 10.5. The number of methoxy groups -OCH3 is 1. The topological polar surface area (TPSA) is 64.3 Å². The average molecular weight is 291 g/mol. The van der Waals surface area contributed by atoms with Crippen LogP contribution in [-0.2, 0) is 0 Å². The molecule has 0 aliphatic rings. The van der Waals surface area contributed by atoms with E-state index in [1.54, 1.807) is 43.5 Å². The maximum Gasteiger partial charge on any atom is 0.161 e. The van der Waals surface area contributed by atoms with Gasteiger partial charge in [0.25, 0.3) is 0 Å². The van der Waals surface area contributed by atoms with Crippen LogP contribution in [0.4, 0.5) is 17.1 Å². The Morgan fingerprint density at radius 2 is 2.00 bits per heavy atom. The molecule has 2 rings (SSSR count). The van der Waals surface area contributed by atoms with Crippen LogP contribution >= 0.6 is 11.6 Å². The molecule has 0 saturated heterocycles.